The molecule has 1 N–H and O–H groups in total. The fourth-order valence-corrected chi connectivity index (χ4v) is 2.19. The van der Waals surface area contributed by atoms with Crippen LogP contribution in [0.15, 0.2) is 36.8 Å². The zero-order valence-electron chi connectivity index (χ0n) is 12.8. The molecule has 7 nitrogen and oxygen atoms in total. The summed E-state index contributed by atoms with van der Waals surface area (Å²) < 4.78 is 8.68. The van der Waals surface area contributed by atoms with Crippen LogP contribution in [0.4, 0.5) is 5.82 Å². The normalized spacial score (nSPS) is 10.7. The van der Waals surface area contributed by atoms with Crippen LogP contribution in [0, 0.1) is 6.92 Å². The molecule has 0 aromatic carbocycles. The van der Waals surface area contributed by atoms with Gasteiger partial charge in [-0.3, -0.25) is 4.84 Å². The van der Waals surface area contributed by atoms with E-state index in [-0.39, 0.29) is 0 Å². The fraction of sp³-hybridized carbons (Fsp3) is 0.267. The lowest BCUT2D eigenvalue weighted by Gasteiger charge is -2.09. The van der Waals surface area contributed by atoms with Crippen molar-refractivity contribution in [3.05, 3.63) is 47.9 Å². The highest BCUT2D eigenvalue weighted by molar-refractivity contribution is 5.55. The molecule has 3 heterocycles. The quantitative estimate of drug-likeness (QED) is 0.712. The maximum Gasteiger partial charge on any atom is 0.227 e. The highest BCUT2D eigenvalue weighted by Gasteiger charge is 2.10. The van der Waals surface area contributed by atoms with E-state index in [1.807, 2.05) is 37.5 Å². The topological polar surface area (TPSA) is 64.6 Å². The smallest absolute Gasteiger partial charge is 0.227 e. The van der Waals surface area contributed by atoms with Crippen molar-refractivity contribution in [3.63, 3.8) is 0 Å². The van der Waals surface area contributed by atoms with Gasteiger partial charge in [0.25, 0.3) is 0 Å². The number of fused-ring (bicyclic) bond motifs is 1. The second kappa shape index (κ2) is 5.88. The van der Waals surface area contributed by atoms with Crippen LogP contribution in [0.5, 0.6) is 5.88 Å². The molecule has 3 aromatic heterocycles. The van der Waals surface area contributed by atoms with Gasteiger partial charge in [-0.2, -0.15) is 14.6 Å². The van der Waals surface area contributed by atoms with Gasteiger partial charge in [-0.1, -0.05) is 0 Å². The third-order valence-corrected chi connectivity index (χ3v) is 3.35. The maximum atomic E-state index is 5.26. The van der Waals surface area contributed by atoms with Gasteiger partial charge in [0.2, 0.25) is 18.3 Å². The Hall–Kier alpha value is -2.83. The molecule has 7 heteroatoms. The summed E-state index contributed by atoms with van der Waals surface area (Å²) >= 11 is 0. The molecule has 0 unspecified atom stereocenters. The van der Waals surface area contributed by atoms with E-state index in [4.69, 9.17) is 9.57 Å². The van der Waals surface area contributed by atoms with E-state index in [2.05, 4.69) is 15.4 Å². The lowest BCUT2D eigenvalue weighted by Crippen LogP contribution is -2.40. The van der Waals surface area contributed by atoms with Gasteiger partial charge < -0.3 is 10.1 Å². The Bertz CT molecular complexity index is 800. The predicted molar refractivity (Wildman–Crippen MR) is 80.7 cm³/mol. The number of anilines is 1. The summed E-state index contributed by atoms with van der Waals surface area (Å²) in [5.74, 6) is 1.38. The maximum absolute atomic E-state index is 5.26. The van der Waals surface area contributed by atoms with Gasteiger partial charge in [0.15, 0.2) is 5.65 Å². The van der Waals surface area contributed by atoms with Gasteiger partial charge in [-0.15, -0.1) is 0 Å². The van der Waals surface area contributed by atoms with E-state index in [0.717, 1.165) is 22.6 Å². The van der Waals surface area contributed by atoms with Crippen LogP contribution in [0.3, 0.4) is 0 Å². The van der Waals surface area contributed by atoms with Crippen molar-refractivity contribution in [2.45, 2.75) is 13.5 Å². The SMILES string of the molecule is COc1cc(NCc2ccc[n+](OC)c2)n2ncc(C)c2n1. The molecule has 0 amide bonds. The zero-order valence-corrected chi connectivity index (χ0v) is 12.8. The summed E-state index contributed by atoms with van der Waals surface area (Å²) in [6.07, 6.45) is 5.54. The molecule has 0 aliphatic heterocycles. The number of hydrogen-bond donors (Lipinski definition) is 1. The number of methoxy groups -OCH3 is 1. The molecule has 114 valence electrons. The van der Waals surface area contributed by atoms with Crippen LogP contribution in [0.2, 0.25) is 0 Å². The number of aromatic nitrogens is 4. The van der Waals surface area contributed by atoms with Crippen molar-refractivity contribution in [2.75, 3.05) is 19.5 Å². The molecule has 0 atom stereocenters. The first-order chi connectivity index (χ1) is 10.7. The minimum Gasteiger partial charge on any atom is -0.481 e. The summed E-state index contributed by atoms with van der Waals surface area (Å²) in [5.41, 5.74) is 2.86. The van der Waals surface area contributed by atoms with Gasteiger partial charge in [0.1, 0.15) is 12.9 Å². The van der Waals surface area contributed by atoms with E-state index in [1.165, 1.54) is 0 Å². The van der Waals surface area contributed by atoms with Crippen LogP contribution in [-0.4, -0.2) is 28.8 Å². The van der Waals surface area contributed by atoms with E-state index in [0.29, 0.717) is 12.4 Å². The molecule has 0 aliphatic rings. The lowest BCUT2D eigenvalue weighted by molar-refractivity contribution is -0.885. The summed E-state index contributed by atoms with van der Waals surface area (Å²) in [5, 5.41) is 7.70. The second-order valence-electron chi connectivity index (χ2n) is 4.85. The number of nitrogens with one attached hydrogen (secondary N) is 1. The predicted octanol–water partition coefficient (Wildman–Crippen LogP) is 1.00. The Morgan fingerprint density at radius 2 is 2.23 bits per heavy atom. The van der Waals surface area contributed by atoms with Gasteiger partial charge in [0, 0.05) is 34.5 Å². The average Bonchev–Trinajstić information content (AvgIpc) is 2.94. The van der Waals surface area contributed by atoms with Crippen LogP contribution in [0.1, 0.15) is 11.1 Å². The van der Waals surface area contributed by atoms with Gasteiger partial charge in [-0.05, 0) is 13.0 Å². The van der Waals surface area contributed by atoms with Gasteiger partial charge in [-0.25, -0.2) is 0 Å². The number of hydrogen-bond acceptors (Lipinski definition) is 5. The number of pyridine rings is 1. The summed E-state index contributed by atoms with van der Waals surface area (Å²) in [6.45, 7) is 2.60. The average molecular weight is 300 g/mol. The van der Waals surface area contributed by atoms with Crippen LogP contribution in [-0.2, 0) is 6.54 Å². The molecule has 0 bridgehead atoms. The van der Waals surface area contributed by atoms with E-state index < -0.39 is 0 Å². The molecule has 0 radical (unpaired) electrons. The van der Waals surface area contributed by atoms with Crippen LogP contribution >= 0.6 is 0 Å². The van der Waals surface area contributed by atoms with Crippen molar-refractivity contribution >= 4 is 11.5 Å². The molecular formula is C15H18N5O2+. The first kappa shape index (κ1) is 14.1. The Kier molecular flexibility index (Phi) is 3.78. The highest BCUT2D eigenvalue weighted by Crippen LogP contribution is 2.20. The number of rotatable bonds is 5. The molecule has 3 aromatic rings. The Morgan fingerprint density at radius 3 is 3.00 bits per heavy atom. The molecule has 0 spiro atoms. The monoisotopic (exact) mass is 300 g/mol. The Balaban J connectivity index is 1.89. The summed E-state index contributed by atoms with van der Waals surface area (Å²) in [4.78, 5) is 9.57. The first-order valence-corrected chi connectivity index (χ1v) is 6.89. The standard InChI is InChI=1S/C15H18N5O2/c1-11-8-17-20-13(7-14(21-2)18-15(11)20)16-9-12-5-4-6-19(10-12)22-3/h4-8,10,16H,9H2,1-3H3/q+1. The van der Waals surface area contributed by atoms with Crippen molar-refractivity contribution in [3.8, 4) is 5.88 Å². The number of nitrogens with zero attached hydrogens (tertiary/aromatic N) is 4. The molecular weight excluding hydrogens is 282 g/mol. The molecule has 0 aliphatic carbocycles. The van der Waals surface area contributed by atoms with Crippen molar-refractivity contribution in [2.24, 2.45) is 0 Å². The minimum absolute atomic E-state index is 0.554. The summed E-state index contributed by atoms with van der Waals surface area (Å²) in [7, 11) is 3.23. The van der Waals surface area contributed by atoms with Crippen molar-refractivity contribution in [1.29, 1.82) is 0 Å². The molecule has 0 saturated carbocycles. The van der Waals surface area contributed by atoms with E-state index >= 15 is 0 Å². The van der Waals surface area contributed by atoms with E-state index in [9.17, 15) is 0 Å². The molecule has 22 heavy (non-hydrogen) atoms. The fourth-order valence-electron chi connectivity index (χ4n) is 2.19. The zero-order chi connectivity index (χ0) is 15.5. The minimum atomic E-state index is 0.554. The molecule has 3 rings (SSSR count). The van der Waals surface area contributed by atoms with Crippen molar-refractivity contribution < 1.29 is 14.3 Å². The van der Waals surface area contributed by atoms with Crippen LogP contribution < -0.4 is 19.6 Å². The first-order valence-electron chi connectivity index (χ1n) is 6.89. The molecule has 0 saturated heterocycles. The lowest BCUT2D eigenvalue weighted by atomic mass is 10.3. The highest BCUT2D eigenvalue weighted by atomic mass is 16.6. The Labute approximate surface area is 128 Å². The third kappa shape index (κ3) is 2.65. The second-order valence-corrected chi connectivity index (χ2v) is 4.85. The number of ether oxygens (including phenoxy) is 1. The third-order valence-electron chi connectivity index (χ3n) is 3.35. The van der Waals surface area contributed by atoms with E-state index in [1.54, 1.807) is 29.7 Å². The number of aryl methyl sites for hydroxylation is 1. The Morgan fingerprint density at radius 1 is 1.36 bits per heavy atom. The largest absolute Gasteiger partial charge is 0.481 e. The van der Waals surface area contributed by atoms with Crippen molar-refractivity contribution in [1.82, 2.24) is 14.6 Å². The van der Waals surface area contributed by atoms with Gasteiger partial charge >= 0.3 is 0 Å². The summed E-state index contributed by atoms with van der Waals surface area (Å²) in [6, 6.07) is 5.78. The van der Waals surface area contributed by atoms with Gasteiger partial charge in [0.05, 0.1) is 13.3 Å². The molecule has 0 fully saturated rings. The van der Waals surface area contributed by atoms with Crippen LogP contribution in [0.25, 0.3) is 5.65 Å².